The molecule has 33 heavy (non-hydrogen) atoms. The van der Waals surface area contributed by atoms with E-state index in [0.717, 1.165) is 22.4 Å². The summed E-state index contributed by atoms with van der Waals surface area (Å²) in [6.45, 7) is 1.16. The first-order valence-corrected chi connectivity index (χ1v) is 11.0. The van der Waals surface area contributed by atoms with Gasteiger partial charge in [-0.05, 0) is 35.9 Å². The van der Waals surface area contributed by atoms with Crippen molar-refractivity contribution in [2.24, 2.45) is 0 Å². The molecule has 2 aliphatic rings. The van der Waals surface area contributed by atoms with Crippen LogP contribution in [0.25, 0.3) is 11.3 Å². The van der Waals surface area contributed by atoms with Crippen molar-refractivity contribution in [3.8, 4) is 22.8 Å². The summed E-state index contributed by atoms with van der Waals surface area (Å²) >= 11 is 5.98. The molecule has 0 spiro atoms. The summed E-state index contributed by atoms with van der Waals surface area (Å²) in [5.74, 6) is 1.02. The maximum atomic E-state index is 13.2. The van der Waals surface area contributed by atoms with E-state index < -0.39 is 0 Å². The van der Waals surface area contributed by atoms with Gasteiger partial charge in [0.05, 0.1) is 36.8 Å². The lowest BCUT2D eigenvalue weighted by molar-refractivity contribution is -0.132. The van der Waals surface area contributed by atoms with E-state index >= 15 is 0 Å². The zero-order valence-corrected chi connectivity index (χ0v) is 18.8. The Kier molecular flexibility index (Phi) is 5.64. The summed E-state index contributed by atoms with van der Waals surface area (Å²) in [5.41, 5.74) is 3.91. The maximum Gasteiger partial charge on any atom is 0.252 e. The van der Waals surface area contributed by atoms with Crippen LogP contribution in [0, 0.1) is 0 Å². The largest absolute Gasteiger partial charge is 0.493 e. The van der Waals surface area contributed by atoms with Gasteiger partial charge in [-0.3, -0.25) is 14.6 Å². The third-order valence-corrected chi connectivity index (χ3v) is 6.18. The van der Waals surface area contributed by atoms with E-state index in [4.69, 9.17) is 21.1 Å². The van der Waals surface area contributed by atoms with E-state index in [-0.39, 0.29) is 24.3 Å². The molecule has 2 aliphatic heterocycles. The second-order valence-corrected chi connectivity index (χ2v) is 8.45. The third-order valence-electron chi connectivity index (χ3n) is 5.96. The van der Waals surface area contributed by atoms with Crippen LogP contribution >= 0.6 is 11.6 Å². The first-order valence-electron chi connectivity index (χ1n) is 10.7. The van der Waals surface area contributed by atoms with E-state index in [1.807, 2.05) is 36.4 Å². The summed E-state index contributed by atoms with van der Waals surface area (Å²) in [6.07, 6.45) is 1.78. The normalized spacial score (nSPS) is 16.8. The lowest BCUT2D eigenvalue weighted by atomic mass is 10.0. The standard InChI is InChI=1S/C25H22ClN3O4/c1-32-22-11-15(20-7-6-17(26)13-27-20)10-16-14-29(8-9-33-24(16)22)23(30)12-21-18-4-2-3-5-19(18)25(31)28-21/h2-7,10-11,13,21H,8-9,12,14H2,1H3,(H,28,31)/t21-/m0/s1. The Morgan fingerprint density at radius 3 is 2.91 bits per heavy atom. The van der Waals surface area contributed by atoms with Gasteiger partial charge in [0, 0.05) is 29.4 Å². The fraction of sp³-hybridized carbons (Fsp3) is 0.240. The summed E-state index contributed by atoms with van der Waals surface area (Å²) in [6, 6.07) is 14.5. The van der Waals surface area contributed by atoms with Crippen LogP contribution in [-0.2, 0) is 11.3 Å². The topological polar surface area (TPSA) is 80.8 Å². The van der Waals surface area contributed by atoms with Gasteiger partial charge in [-0.2, -0.15) is 0 Å². The molecule has 1 aromatic heterocycles. The van der Waals surface area contributed by atoms with Crippen molar-refractivity contribution in [2.75, 3.05) is 20.3 Å². The van der Waals surface area contributed by atoms with Gasteiger partial charge in [0.15, 0.2) is 11.5 Å². The first-order chi connectivity index (χ1) is 16.0. The Hall–Kier alpha value is -3.58. The zero-order chi connectivity index (χ0) is 22.9. The second kappa shape index (κ2) is 8.75. The first kappa shape index (κ1) is 21.3. The summed E-state index contributed by atoms with van der Waals surface area (Å²) in [5, 5.41) is 3.48. The van der Waals surface area contributed by atoms with E-state index in [0.29, 0.717) is 41.8 Å². The predicted octanol–water partition coefficient (Wildman–Crippen LogP) is 4.01. The summed E-state index contributed by atoms with van der Waals surface area (Å²) < 4.78 is 11.6. The predicted molar refractivity (Wildman–Crippen MR) is 123 cm³/mol. The van der Waals surface area contributed by atoms with Gasteiger partial charge in [-0.25, -0.2) is 0 Å². The number of carbonyl (C=O) groups is 2. The molecular formula is C25H22ClN3O4. The number of nitrogens with zero attached hydrogens (tertiary/aromatic N) is 2. The smallest absolute Gasteiger partial charge is 0.252 e. The van der Waals surface area contributed by atoms with Crippen LogP contribution < -0.4 is 14.8 Å². The number of aromatic nitrogens is 1. The lowest BCUT2D eigenvalue weighted by Gasteiger charge is -2.22. The molecule has 1 atom stereocenters. The Morgan fingerprint density at radius 2 is 2.12 bits per heavy atom. The number of fused-ring (bicyclic) bond motifs is 2. The number of methoxy groups -OCH3 is 1. The van der Waals surface area contributed by atoms with Gasteiger partial charge in [0.25, 0.3) is 5.91 Å². The van der Waals surface area contributed by atoms with Crippen molar-refractivity contribution >= 4 is 23.4 Å². The number of hydrogen-bond acceptors (Lipinski definition) is 5. The van der Waals surface area contributed by atoms with Gasteiger partial charge in [-0.15, -0.1) is 0 Å². The summed E-state index contributed by atoms with van der Waals surface area (Å²) in [4.78, 5) is 31.6. The Bertz CT molecular complexity index is 1230. The Balaban J connectivity index is 1.41. The molecule has 0 bridgehead atoms. The van der Waals surface area contributed by atoms with Crippen molar-refractivity contribution in [3.63, 3.8) is 0 Å². The molecular weight excluding hydrogens is 442 g/mol. The number of pyridine rings is 1. The highest BCUT2D eigenvalue weighted by molar-refractivity contribution is 6.30. The molecule has 0 saturated carbocycles. The molecule has 0 radical (unpaired) electrons. The monoisotopic (exact) mass is 463 g/mol. The Labute approximate surface area is 196 Å². The quantitative estimate of drug-likeness (QED) is 0.632. The van der Waals surface area contributed by atoms with Crippen LogP contribution in [-0.4, -0.2) is 42.0 Å². The molecule has 3 heterocycles. The zero-order valence-electron chi connectivity index (χ0n) is 18.0. The van der Waals surface area contributed by atoms with Crippen LogP contribution in [0.2, 0.25) is 5.02 Å². The number of carbonyl (C=O) groups excluding carboxylic acids is 2. The molecule has 168 valence electrons. The minimum atomic E-state index is -0.330. The number of hydrogen-bond donors (Lipinski definition) is 1. The molecule has 0 aliphatic carbocycles. The minimum absolute atomic E-state index is 0.0533. The van der Waals surface area contributed by atoms with Gasteiger partial charge in [0.1, 0.15) is 6.61 Å². The molecule has 7 nitrogen and oxygen atoms in total. The average Bonchev–Trinajstić information content (AvgIpc) is 3.00. The van der Waals surface area contributed by atoms with Crippen LogP contribution in [0.3, 0.4) is 0 Å². The van der Waals surface area contributed by atoms with Crippen LogP contribution in [0.1, 0.15) is 33.9 Å². The number of halogens is 1. The van der Waals surface area contributed by atoms with Gasteiger partial charge < -0.3 is 19.7 Å². The number of benzene rings is 2. The van der Waals surface area contributed by atoms with Crippen molar-refractivity contribution < 1.29 is 19.1 Å². The van der Waals surface area contributed by atoms with Crippen molar-refractivity contribution in [1.29, 1.82) is 0 Å². The van der Waals surface area contributed by atoms with Gasteiger partial charge in [0.2, 0.25) is 5.91 Å². The molecule has 8 heteroatoms. The average molecular weight is 464 g/mol. The highest BCUT2D eigenvalue weighted by Gasteiger charge is 2.32. The summed E-state index contributed by atoms with van der Waals surface area (Å²) in [7, 11) is 1.59. The minimum Gasteiger partial charge on any atom is -0.493 e. The molecule has 0 fully saturated rings. The molecule has 0 saturated heterocycles. The number of nitrogens with one attached hydrogen (secondary N) is 1. The number of rotatable bonds is 4. The van der Waals surface area contributed by atoms with Crippen molar-refractivity contribution in [1.82, 2.24) is 15.2 Å². The fourth-order valence-electron chi connectivity index (χ4n) is 4.33. The molecule has 2 amide bonds. The second-order valence-electron chi connectivity index (χ2n) is 8.01. The van der Waals surface area contributed by atoms with E-state index in [1.54, 1.807) is 30.3 Å². The highest BCUT2D eigenvalue weighted by Crippen LogP contribution is 2.38. The van der Waals surface area contributed by atoms with Gasteiger partial charge in [-0.1, -0.05) is 29.8 Å². The number of ether oxygens (including phenoxy) is 2. The number of amides is 2. The maximum absolute atomic E-state index is 13.2. The SMILES string of the molecule is COc1cc(-c2ccc(Cl)cn2)cc2c1OCCN(C(=O)C[C@@H]1NC(=O)c3ccccc31)C2. The van der Waals surface area contributed by atoms with Gasteiger partial charge >= 0.3 is 0 Å². The van der Waals surface area contributed by atoms with Crippen molar-refractivity contribution in [3.05, 3.63) is 76.4 Å². The molecule has 2 aromatic carbocycles. The van der Waals surface area contributed by atoms with E-state index in [1.165, 1.54) is 0 Å². The highest BCUT2D eigenvalue weighted by atomic mass is 35.5. The van der Waals surface area contributed by atoms with Crippen LogP contribution in [0.5, 0.6) is 11.5 Å². The van der Waals surface area contributed by atoms with E-state index in [9.17, 15) is 9.59 Å². The van der Waals surface area contributed by atoms with Crippen molar-refractivity contribution in [2.45, 2.75) is 19.0 Å². The fourth-order valence-corrected chi connectivity index (χ4v) is 4.44. The van der Waals surface area contributed by atoms with Crippen LogP contribution in [0.15, 0.2) is 54.7 Å². The molecule has 1 N–H and O–H groups in total. The molecule has 5 rings (SSSR count). The third kappa shape index (κ3) is 4.12. The van der Waals surface area contributed by atoms with E-state index in [2.05, 4.69) is 10.3 Å². The Morgan fingerprint density at radius 1 is 1.27 bits per heavy atom. The molecule has 3 aromatic rings. The molecule has 0 unspecified atom stereocenters. The van der Waals surface area contributed by atoms with Crippen LogP contribution in [0.4, 0.5) is 0 Å². The lowest BCUT2D eigenvalue weighted by Crippen LogP contribution is -2.35.